The van der Waals surface area contributed by atoms with E-state index in [1.165, 1.54) is 4.90 Å². The van der Waals surface area contributed by atoms with Crippen LogP contribution in [0.1, 0.15) is 40.4 Å². The number of anilines is 1. The second kappa shape index (κ2) is 8.63. The Morgan fingerprint density at radius 2 is 1.97 bits per heavy atom. The van der Waals surface area contributed by atoms with Gasteiger partial charge in [-0.15, -0.1) is 0 Å². The third-order valence-corrected chi connectivity index (χ3v) is 5.43. The molecule has 1 heterocycles. The summed E-state index contributed by atoms with van der Waals surface area (Å²) in [5, 5.41) is 7.34. The van der Waals surface area contributed by atoms with Gasteiger partial charge >= 0.3 is 0 Å². The molecule has 1 N–H and O–H groups in total. The molecule has 1 aliphatic carbocycles. The van der Waals surface area contributed by atoms with Crippen molar-refractivity contribution < 1.29 is 14.3 Å². The molecule has 1 aromatic heterocycles. The number of para-hydroxylation sites is 1. The Balaban J connectivity index is 1.51. The van der Waals surface area contributed by atoms with Crippen molar-refractivity contribution >= 4 is 17.5 Å². The molecule has 0 aliphatic heterocycles. The number of carbonyl (C=O) groups is 2. The van der Waals surface area contributed by atoms with Gasteiger partial charge in [-0.3, -0.25) is 9.59 Å². The van der Waals surface area contributed by atoms with E-state index in [1.807, 2.05) is 35.9 Å². The molecular formula is C24H26N4O3. The normalized spacial score (nSPS) is 13.0. The lowest BCUT2D eigenvalue weighted by Gasteiger charge is -2.18. The minimum absolute atomic E-state index is 0.0598. The highest BCUT2D eigenvalue weighted by Crippen LogP contribution is 2.43. The van der Waals surface area contributed by atoms with Crippen LogP contribution in [0.4, 0.5) is 5.69 Å². The molecule has 160 valence electrons. The van der Waals surface area contributed by atoms with E-state index in [0.29, 0.717) is 22.9 Å². The minimum atomic E-state index is -0.275. The van der Waals surface area contributed by atoms with Gasteiger partial charge in [0.05, 0.1) is 36.8 Å². The van der Waals surface area contributed by atoms with Gasteiger partial charge in [0, 0.05) is 24.7 Å². The zero-order chi connectivity index (χ0) is 22.0. The summed E-state index contributed by atoms with van der Waals surface area (Å²) in [6.07, 6.45) is 3.70. The fourth-order valence-corrected chi connectivity index (χ4v) is 3.66. The molecule has 0 saturated heterocycles. The van der Waals surface area contributed by atoms with Crippen LogP contribution in [0.15, 0.2) is 54.7 Å². The summed E-state index contributed by atoms with van der Waals surface area (Å²) >= 11 is 0. The SMILES string of the molecule is COc1cccc(NC(=O)CN(C)C(=O)c2cnn(-c3ccccc3C)c2C2CC2)c1. The van der Waals surface area contributed by atoms with Crippen LogP contribution in [0.5, 0.6) is 5.75 Å². The Labute approximate surface area is 181 Å². The smallest absolute Gasteiger partial charge is 0.257 e. The maximum Gasteiger partial charge on any atom is 0.257 e. The van der Waals surface area contributed by atoms with Crippen molar-refractivity contribution in [1.29, 1.82) is 0 Å². The van der Waals surface area contributed by atoms with E-state index in [0.717, 1.165) is 29.8 Å². The van der Waals surface area contributed by atoms with E-state index in [2.05, 4.69) is 10.4 Å². The molecule has 0 radical (unpaired) electrons. The Kier molecular flexibility index (Phi) is 5.75. The van der Waals surface area contributed by atoms with Crippen molar-refractivity contribution in [2.75, 3.05) is 26.0 Å². The third kappa shape index (κ3) is 4.45. The summed E-state index contributed by atoms with van der Waals surface area (Å²) in [7, 11) is 3.21. The molecule has 2 amide bonds. The van der Waals surface area contributed by atoms with Gasteiger partial charge in [0.15, 0.2) is 0 Å². The Bertz CT molecular complexity index is 1120. The van der Waals surface area contributed by atoms with Crippen LogP contribution in [-0.2, 0) is 4.79 Å². The number of rotatable bonds is 7. The number of carbonyl (C=O) groups excluding carboxylic acids is 2. The van der Waals surface area contributed by atoms with E-state index < -0.39 is 0 Å². The molecule has 0 bridgehead atoms. The van der Waals surface area contributed by atoms with Crippen molar-refractivity contribution in [1.82, 2.24) is 14.7 Å². The van der Waals surface area contributed by atoms with Crippen LogP contribution in [0.2, 0.25) is 0 Å². The maximum absolute atomic E-state index is 13.2. The first-order valence-corrected chi connectivity index (χ1v) is 10.3. The van der Waals surface area contributed by atoms with Crippen LogP contribution >= 0.6 is 0 Å². The topological polar surface area (TPSA) is 76.5 Å². The highest BCUT2D eigenvalue weighted by atomic mass is 16.5. The Morgan fingerprint density at radius 1 is 1.19 bits per heavy atom. The van der Waals surface area contributed by atoms with E-state index in [4.69, 9.17) is 4.74 Å². The molecule has 1 fully saturated rings. The lowest BCUT2D eigenvalue weighted by atomic mass is 10.1. The highest BCUT2D eigenvalue weighted by molar-refractivity contribution is 6.00. The van der Waals surface area contributed by atoms with Crippen molar-refractivity contribution in [2.45, 2.75) is 25.7 Å². The molecule has 2 aromatic carbocycles. The van der Waals surface area contributed by atoms with Crippen LogP contribution < -0.4 is 10.1 Å². The number of hydrogen-bond donors (Lipinski definition) is 1. The third-order valence-electron chi connectivity index (χ3n) is 5.43. The molecule has 1 aliphatic rings. The van der Waals surface area contributed by atoms with Gasteiger partial charge in [-0.05, 0) is 43.5 Å². The predicted molar refractivity (Wildman–Crippen MR) is 119 cm³/mol. The first kappa shape index (κ1) is 20.7. The number of nitrogens with one attached hydrogen (secondary N) is 1. The van der Waals surface area contributed by atoms with Crippen LogP contribution in [-0.4, -0.2) is 47.2 Å². The number of likely N-dealkylation sites (N-methyl/N-ethyl adjacent to an activating group) is 1. The monoisotopic (exact) mass is 418 g/mol. The zero-order valence-electron chi connectivity index (χ0n) is 18.0. The largest absolute Gasteiger partial charge is 0.497 e. The minimum Gasteiger partial charge on any atom is -0.497 e. The number of ether oxygens (including phenoxy) is 1. The predicted octanol–water partition coefficient (Wildman–Crippen LogP) is 3.78. The van der Waals surface area contributed by atoms with Crippen molar-refractivity contribution in [3.05, 3.63) is 71.5 Å². The first-order chi connectivity index (χ1) is 15.0. The standard InChI is InChI=1S/C24H26N4O3/c1-16-7-4-5-10-21(16)28-23(17-11-12-17)20(14-25-28)24(30)27(2)15-22(29)26-18-8-6-9-19(13-18)31-3/h4-10,13-14,17H,11-12,15H2,1-3H3,(H,26,29). The average molecular weight is 418 g/mol. The summed E-state index contributed by atoms with van der Waals surface area (Å²) < 4.78 is 7.06. The van der Waals surface area contributed by atoms with Gasteiger partial charge in [0.1, 0.15) is 5.75 Å². The van der Waals surface area contributed by atoms with E-state index in [1.54, 1.807) is 44.6 Å². The second-order valence-electron chi connectivity index (χ2n) is 7.86. The molecule has 0 spiro atoms. The van der Waals surface area contributed by atoms with Crippen molar-refractivity contribution in [3.63, 3.8) is 0 Å². The summed E-state index contributed by atoms with van der Waals surface area (Å²) in [5.74, 6) is 0.492. The number of aromatic nitrogens is 2. The zero-order valence-corrected chi connectivity index (χ0v) is 18.0. The van der Waals surface area contributed by atoms with Crippen molar-refractivity contribution in [2.24, 2.45) is 0 Å². The van der Waals surface area contributed by atoms with Gasteiger partial charge in [-0.25, -0.2) is 4.68 Å². The molecule has 31 heavy (non-hydrogen) atoms. The fraction of sp³-hybridized carbons (Fsp3) is 0.292. The number of benzene rings is 2. The van der Waals surface area contributed by atoms with Gasteiger partial charge in [0.2, 0.25) is 5.91 Å². The fourth-order valence-electron chi connectivity index (χ4n) is 3.66. The summed E-state index contributed by atoms with van der Waals surface area (Å²) in [4.78, 5) is 27.1. The Morgan fingerprint density at radius 3 is 2.68 bits per heavy atom. The number of methoxy groups -OCH3 is 1. The number of aryl methyl sites for hydroxylation is 1. The molecule has 0 unspecified atom stereocenters. The average Bonchev–Trinajstić information content (AvgIpc) is 3.51. The van der Waals surface area contributed by atoms with E-state index >= 15 is 0 Å². The molecule has 1 saturated carbocycles. The van der Waals surface area contributed by atoms with Crippen LogP contribution in [0, 0.1) is 6.92 Å². The molecular weight excluding hydrogens is 392 g/mol. The van der Waals surface area contributed by atoms with Crippen LogP contribution in [0.3, 0.4) is 0 Å². The molecule has 4 rings (SSSR count). The van der Waals surface area contributed by atoms with Gasteiger partial charge < -0.3 is 15.0 Å². The number of nitrogens with zero attached hydrogens (tertiary/aromatic N) is 3. The maximum atomic E-state index is 13.2. The van der Waals surface area contributed by atoms with E-state index in [-0.39, 0.29) is 18.4 Å². The molecule has 0 atom stereocenters. The summed E-state index contributed by atoms with van der Waals surface area (Å²) in [6.45, 7) is 1.97. The molecule has 3 aromatic rings. The lowest BCUT2D eigenvalue weighted by Crippen LogP contribution is -2.35. The highest BCUT2D eigenvalue weighted by Gasteiger charge is 2.34. The summed E-state index contributed by atoms with van der Waals surface area (Å²) in [5.41, 5.74) is 4.18. The van der Waals surface area contributed by atoms with Gasteiger partial charge in [0.25, 0.3) is 5.91 Å². The number of hydrogen-bond acceptors (Lipinski definition) is 4. The Hall–Kier alpha value is -3.61. The summed E-state index contributed by atoms with van der Waals surface area (Å²) in [6, 6.07) is 15.1. The number of amides is 2. The molecule has 7 heteroatoms. The van der Waals surface area contributed by atoms with Crippen LogP contribution in [0.25, 0.3) is 5.69 Å². The van der Waals surface area contributed by atoms with Gasteiger partial charge in [-0.2, -0.15) is 5.10 Å². The van der Waals surface area contributed by atoms with E-state index in [9.17, 15) is 9.59 Å². The first-order valence-electron chi connectivity index (χ1n) is 10.3. The lowest BCUT2D eigenvalue weighted by molar-refractivity contribution is -0.116. The van der Waals surface area contributed by atoms with Gasteiger partial charge in [-0.1, -0.05) is 24.3 Å². The quantitative estimate of drug-likeness (QED) is 0.634. The van der Waals surface area contributed by atoms with Crippen molar-refractivity contribution in [3.8, 4) is 11.4 Å². The second-order valence-corrected chi connectivity index (χ2v) is 7.86. The molecule has 7 nitrogen and oxygen atoms in total.